The molecule has 0 saturated carbocycles. The highest BCUT2D eigenvalue weighted by molar-refractivity contribution is 6.07. The van der Waals surface area contributed by atoms with E-state index in [1.807, 2.05) is 19.1 Å². The van der Waals surface area contributed by atoms with Crippen molar-refractivity contribution in [2.45, 2.75) is 13.3 Å². The lowest BCUT2D eigenvalue weighted by molar-refractivity contribution is -0.135. The van der Waals surface area contributed by atoms with Gasteiger partial charge < -0.3 is 10.2 Å². The Morgan fingerprint density at radius 1 is 1.17 bits per heavy atom. The van der Waals surface area contributed by atoms with Crippen LogP contribution < -0.4 is 0 Å². The van der Waals surface area contributed by atoms with Crippen LogP contribution in [-0.2, 0) is 4.79 Å². The maximum Gasteiger partial charge on any atom is 0.307 e. The Morgan fingerprint density at radius 2 is 1.96 bits per heavy atom. The number of allylic oxidation sites excluding steroid dienone is 2. The zero-order valence-electron chi connectivity index (χ0n) is 12.5. The van der Waals surface area contributed by atoms with Gasteiger partial charge in [0.05, 0.1) is 6.42 Å². The van der Waals surface area contributed by atoms with Crippen LogP contribution >= 0.6 is 0 Å². The van der Waals surface area contributed by atoms with Gasteiger partial charge in [-0.2, -0.15) is 0 Å². The van der Waals surface area contributed by atoms with Gasteiger partial charge in [-0.05, 0) is 70.7 Å². The Balaban J connectivity index is 2.17. The molecule has 0 fully saturated rings. The molecule has 4 heteroatoms. The number of phenolic OH excluding ortho intramolecular Hbond substituents is 1. The summed E-state index contributed by atoms with van der Waals surface area (Å²) in [6.07, 6.45) is 1.72. The molecular weight excluding hydrogens is 295 g/mol. The summed E-state index contributed by atoms with van der Waals surface area (Å²) in [5.74, 6) is -1.18. The molecule has 0 aromatic heterocycles. The number of hydrogen-bond acceptors (Lipinski definition) is 2. The van der Waals surface area contributed by atoms with Gasteiger partial charge in [0.2, 0.25) is 0 Å². The van der Waals surface area contributed by atoms with E-state index < -0.39 is 11.8 Å². The first-order chi connectivity index (χ1) is 11.0. The van der Waals surface area contributed by atoms with Crippen LogP contribution in [0.15, 0.2) is 48.0 Å². The van der Waals surface area contributed by atoms with E-state index in [1.54, 1.807) is 24.3 Å². The van der Waals surface area contributed by atoms with E-state index in [0.717, 1.165) is 22.3 Å². The molecule has 0 unspecified atom stereocenters. The fraction of sp³-hybridized carbons (Fsp3) is 0.105. The van der Waals surface area contributed by atoms with Crippen LogP contribution in [0.4, 0.5) is 4.39 Å². The van der Waals surface area contributed by atoms with Crippen molar-refractivity contribution in [3.05, 3.63) is 70.5 Å². The van der Waals surface area contributed by atoms with Gasteiger partial charge in [0.1, 0.15) is 11.6 Å². The summed E-state index contributed by atoms with van der Waals surface area (Å²) in [5, 5.41) is 18.7. The summed E-state index contributed by atoms with van der Waals surface area (Å²) in [4.78, 5) is 11.1. The molecule has 2 N–H and O–H groups in total. The van der Waals surface area contributed by atoms with Crippen molar-refractivity contribution in [2.75, 3.05) is 0 Å². The largest absolute Gasteiger partial charge is 0.508 e. The number of carboxylic acids is 1. The molecule has 0 amide bonds. The molecule has 2 aromatic rings. The summed E-state index contributed by atoms with van der Waals surface area (Å²) in [5.41, 5.74) is 4.52. The third-order valence-electron chi connectivity index (χ3n) is 3.96. The van der Waals surface area contributed by atoms with Crippen LogP contribution in [0.25, 0.3) is 17.2 Å². The summed E-state index contributed by atoms with van der Waals surface area (Å²) in [6, 6.07) is 11.2. The number of rotatable bonds is 3. The second-order valence-corrected chi connectivity index (χ2v) is 5.52. The molecule has 0 aliphatic heterocycles. The maximum atomic E-state index is 13.6. The minimum atomic E-state index is -0.951. The van der Waals surface area contributed by atoms with Crippen LogP contribution in [-0.4, -0.2) is 16.2 Å². The predicted molar refractivity (Wildman–Crippen MR) is 87.2 cm³/mol. The predicted octanol–water partition coefficient (Wildman–Crippen LogP) is 4.33. The van der Waals surface area contributed by atoms with Crippen LogP contribution in [0, 0.1) is 5.82 Å². The number of hydrogen-bond donors (Lipinski definition) is 2. The quantitative estimate of drug-likeness (QED) is 0.887. The lowest BCUT2D eigenvalue weighted by Crippen LogP contribution is -1.97. The smallest absolute Gasteiger partial charge is 0.307 e. The van der Waals surface area contributed by atoms with E-state index in [2.05, 4.69) is 0 Å². The van der Waals surface area contributed by atoms with E-state index in [9.17, 15) is 14.3 Å². The Hall–Kier alpha value is -2.88. The second-order valence-electron chi connectivity index (χ2n) is 5.52. The van der Waals surface area contributed by atoms with Crippen molar-refractivity contribution < 1.29 is 19.4 Å². The fourth-order valence-corrected chi connectivity index (χ4v) is 2.91. The van der Waals surface area contributed by atoms with Crippen LogP contribution in [0.5, 0.6) is 5.75 Å². The van der Waals surface area contributed by atoms with Crippen LogP contribution in [0.3, 0.4) is 0 Å². The first kappa shape index (κ1) is 15.0. The lowest BCUT2D eigenvalue weighted by Gasteiger charge is -2.04. The van der Waals surface area contributed by atoms with Crippen LogP contribution in [0.1, 0.15) is 30.0 Å². The molecule has 1 aliphatic rings. The van der Waals surface area contributed by atoms with Gasteiger partial charge in [-0.15, -0.1) is 0 Å². The molecular formula is C19H15FO3. The number of carboxylic acid groups (broad SMARTS) is 1. The van der Waals surface area contributed by atoms with Gasteiger partial charge in [-0.3, -0.25) is 4.79 Å². The number of benzene rings is 2. The molecule has 3 rings (SSSR count). The van der Waals surface area contributed by atoms with Gasteiger partial charge in [0.15, 0.2) is 0 Å². The Labute approximate surface area is 133 Å². The van der Waals surface area contributed by atoms with Gasteiger partial charge >= 0.3 is 5.97 Å². The number of aliphatic carboxylic acids is 1. The highest BCUT2D eigenvalue weighted by atomic mass is 19.1. The van der Waals surface area contributed by atoms with Gasteiger partial charge in [-0.25, -0.2) is 4.39 Å². The normalized spacial score (nSPS) is 15.1. The molecule has 116 valence electrons. The van der Waals surface area contributed by atoms with Gasteiger partial charge in [0.25, 0.3) is 0 Å². The number of carbonyl (C=O) groups is 1. The van der Waals surface area contributed by atoms with Crippen molar-refractivity contribution in [1.29, 1.82) is 0 Å². The van der Waals surface area contributed by atoms with Crippen molar-refractivity contribution in [3.63, 3.8) is 0 Å². The molecule has 3 nitrogen and oxygen atoms in total. The Kier molecular flexibility index (Phi) is 3.74. The van der Waals surface area contributed by atoms with E-state index >= 15 is 0 Å². The van der Waals surface area contributed by atoms with Crippen molar-refractivity contribution in [2.24, 2.45) is 0 Å². The van der Waals surface area contributed by atoms with Crippen molar-refractivity contribution in [1.82, 2.24) is 0 Å². The summed E-state index contributed by atoms with van der Waals surface area (Å²) >= 11 is 0. The zero-order valence-corrected chi connectivity index (χ0v) is 12.5. The standard InChI is InChI=1S/C19H15FO3/c1-11-16(8-12-3-2-4-14(21)7-12)15-6-5-13(20)9-18(15)17(11)10-19(22)23/h2-9,21H,10H2,1H3,(H,22,23)/b16-8-. The Morgan fingerprint density at radius 3 is 2.65 bits per heavy atom. The minimum Gasteiger partial charge on any atom is -0.508 e. The van der Waals surface area contributed by atoms with Crippen molar-refractivity contribution in [3.8, 4) is 5.75 Å². The average molecular weight is 310 g/mol. The topological polar surface area (TPSA) is 57.5 Å². The van der Waals surface area contributed by atoms with Crippen LogP contribution in [0.2, 0.25) is 0 Å². The number of phenols is 1. The summed E-state index contributed by atoms with van der Waals surface area (Å²) in [6.45, 7) is 1.84. The van der Waals surface area contributed by atoms with E-state index in [1.165, 1.54) is 12.1 Å². The van der Waals surface area contributed by atoms with Gasteiger partial charge in [-0.1, -0.05) is 18.2 Å². The fourth-order valence-electron chi connectivity index (χ4n) is 2.91. The molecule has 0 heterocycles. The van der Waals surface area contributed by atoms with Crippen molar-refractivity contribution >= 4 is 23.2 Å². The second kappa shape index (κ2) is 5.72. The van der Waals surface area contributed by atoms with E-state index in [4.69, 9.17) is 5.11 Å². The third-order valence-corrected chi connectivity index (χ3v) is 3.96. The first-order valence-electron chi connectivity index (χ1n) is 7.18. The summed E-state index contributed by atoms with van der Waals surface area (Å²) in [7, 11) is 0. The molecule has 0 radical (unpaired) electrons. The zero-order chi connectivity index (χ0) is 16.6. The van der Waals surface area contributed by atoms with Gasteiger partial charge in [0, 0.05) is 0 Å². The average Bonchev–Trinajstić information content (AvgIpc) is 2.72. The minimum absolute atomic E-state index is 0.153. The molecule has 0 bridgehead atoms. The highest BCUT2D eigenvalue weighted by Gasteiger charge is 2.25. The Bertz CT molecular complexity index is 863. The third kappa shape index (κ3) is 2.88. The summed E-state index contributed by atoms with van der Waals surface area (Å²) < 4.78 is 13.6. The number of aromatic hydroxyl groups is 1. The first-order valence-corrected chi connectivity index (χ1v) is 7.18. The lowest BCUT2D eigenvalue weighted by atomic mass is 10.0. The molecule has 0 spiro atoms. The van der Waals surface area contributed by atoms with E-state index in [0.29, 0.717) is 11.1 Å². The highest BCUT2D eigenvalue weighted by Crippen LogP contribution is 2.43. The SMILES string of the molecule is CC1=C(CC(=O)O)c2cc(F)ccc2/C1=C\c1cccc(O)c1. The molecule has 1 aliphatic carbocycles. The maximum absolute atomic E-state index is 13.6. The molecule has 2 aromatic carbocycles. The monoisotopic (exact) mass is 310 g/mol. The molecule has 0 atom stereocenters. The number of fused-ring (bicyclic) bond motifs is 1. The van der Waals surface area contributed by atoms with E-state index in [-0.39, 0.29) is 12.2 Å². The molecule has 23 heavy (non-hydrogen) atoms. The number of halogens is 1. The molecule has 0 saturated heterocycles.